The fourth-order valence-electron chi connectivity index (χ4n) is 1.18. The van der Waals surface area contributed by atoms with Crippen LogP contribution in [0.25, 0.3) is 0 Å². The summed E-state index contributed by atoms with van der Waals surface area (Å²) in [4.78, 5) is 21.9. The number of ether oxygens (including phenoxy) is 1. The maximum absolute atomic E-state index is 11.6. The first-order chi connectivity index (χ1) is 7.97. The number of aliphatic carboxylic acids is 1. The van der Waals surface area contributed by atoms with E-state index in [0.29, 0.717) is 19.4 Å². The Morgan fingerprint density at radius 2 is 2.12 bits per heavy atom. The van der Waals surface area contributed by atoms with Crippen LogP contribution in [0.1, 0.15) is 33.1 Å². The number of hydrogen-bond donors (Lipinski definition) is 2. The fourth-order valence-corrected chi connectivity index (χ4v) is 1.18. The molecule has 0 aromatic heterocycles. The molecular weight excluding hydrogens is 222 g/mol. The van der Waals surface area contributed by atoms with Crippen LogP contribution in [0.4, 0.5) is 0 Å². The quantitative estimate of drug-likeness (QED) is 0.473. The van der Waals surface area contributed by atoms with Crippen molar-refractivity contribution in [2.45, 2.75) is 45.3 Å². The van der Waals surface area contributed by atoms with Crippen LogP contribution in [-0.4, -0.2) is 35.7 Å². The first-order valence-electron chi connectivity index (χ1n) is 5.72. The van der Waals surface area contributed by atoms with Crippen LogP contribution in [-0.2, 0) is 14.3 Å². The Labute approximate surface area is 102 Å². The van der Waals surface area contributed by atoms with E-state index in [2.05, 4.69) is 11.9 Å². The lowest BCUT2D eigenvalue weighted by atomic mass is 10.2. The molecule has 0 aromatic carbocycles. The van der Waals surface area contributed by atoms with Crippen molar-refractivity contribution in [2.24, 2.45) is 0 Å². The minimum absolute atomic E-state index is 0.0488. The molecule has 0 aliphatic rings. The fraction of sp³-hybridized carbons (Fsp3) is 0.667. The van der Waals surface area contributed by atoms with Crippen molar-refractivity contribution in [2.75, 3.05) is 6.61 Å². The Kier molecular flexibility index (Phi) is 8.05. The third kappa shape index (κ3) is 8.45. The predicted molar refractivity (Wildman–Crippen MR) is 64.7 cm³/mol. The van der Waals surface area contributed by atoms with Gasteiger partial charge in [0.05, 0.1) is 6.61 Å². The van der Waals surface area contributed by atoms with Gasteiger partial charge in [-0.2, -0.15) is 0 Å². The van der Waals surface area contributed by atoms with E-state index in [1.807, 2.05) is 0 Å². The van der Waals surface area contributed by atoms with E-state index >= 15 is 0 Å². The van der Waals surface area contributed by atoms with E-state index in [1.54, 1.807) is 19.9 Å². The molecule has 0 heterocycles. The summed E-state index contributed by atoms with van der Waals surface area (Å²) in [6.07, 6.45) is 2.36. The molecule has 0 fully saturated rings. The summed E-state index contributed by atoms with van der Waals surface area (Å²) in [6.45, 7) is 7.46. The lowest BCUT2D eigenvalue weighted by molar-refractivity contribution is -0.138. The number of rotatable bonds is 9. The van der Waals surface area contributed by atoms with Crippen molar-refractivity contribution in [1.82, 2.24) is 5.32 Å². The molecule has 2 unspecified atom stereocenters. The van der Waals surface area contributed by atoms with Gasteiger partial charge in [0.1, 0.15) is 6.10 Å². The van der Waals surface area contributed by atoms with Gasteiger partial charge in [-0.15, -0.1) is 6.58 Å². The first kappa shape index (κ1) is 15.6. The van der Waals surface area contributed by atoms with Crippen LogP contribution in [0.2, 0.25) is 0 Å². The molecule has 2 atom stereocenters. The summed E-state index contributed by atoms with van der Waals surface area (Å²) in [5.74, 6) is -1.08. The van der Waals surface area contributed by atoms with Crippen LogP contribution >= 0.6 is 0 Å². The first-order valence-corrected chi connectivity index (χ1v) is 5.72. The number of carboxylic acid groups (broad SMARTS) is 1. The van der Waals surface area contributed by atoms with Gasteiger partial charge in [-0.3, -0.25) is 9.59 Å². The Morgan fingerprint density at radius 3 is 2.65 bits per heavy atom. The van der Waals surface area contributed by atoms with Gasteiger partial charge >= 0.3 is 5.97 Å². The monoisotopic (exact) mass is 243 g/mol. The molecule has 0 aromatic rings. The van der Waals surface area contributed by atoms with E-state index in [9.17, 15) is 9.59 Å². The van der Waals surface area contributed by atoms with Crippen LogP contribution in [0.3, 0.4) is 0 Å². The van der Waals surface area contributed by atoms with Gasteiger partial charge < -0.3 is 15.2 Å². The van der Waals surface area contributed by atoms with Gasteiger partial charge in [-0.05, 0) is 26.7 Å². The molecule has 0 rings (SSSR count). The highest BCUT2D eigenvalue weighted by molar-refractivity contribution is 5.80. The van der Waals surface area contributed by atoms with Crippen molar-refractivity contribution in [1.29, 1.82) is 0 Å². The van der Waals surface area contributed by atoms with Crippen molar-refractivity contribution < 1.29 is 19.4 Å². The normalized spacial score (nSPS) is 13.8. The second kappa shape index (κ2) is 8.75. The zero-order valence-corrected chi connectivity index (χ0v) is 10.4. The second-order valence-electron chi connectivity index (χ2n) is 3.93. The van der Waals surface area contributed by atoms with Gasteiger partial charge in [-0.1, -0.05) is 6.08 Å². The Bertz CT molecular complexity index is 265. The molecule has 5 heteroatoms. The van der Waals surface area contributed by atoms with Gasteiger partial charge in [0.2, 0.25) is 5.91 Å². The van der Waals surface area contributed by atoms with E-state index < -0.39 is 12.1 Å². The number of carbonyl (C=O) groups is 2. The summed E-state index contributed by atoms with van der Waals surface area (Å²) >= 11 is 0. The van der Waals surface area contributed by atoms with Crippen molar-refractivity contribution in [3.8, 4) is 0 Å². The molecule has 0 radical (unpaired) electrons. The Morgan fingerprint density at radius 1 is 1.47 bits per heavy atom. The molecule has 1 amide bonds. The van der Waals surface area contributed by atoms with Crippen LogP contribution < -0.4 is 5.32 Å². The van der Waals surface area contributed by atoms with Crippen LogP contribution in [0.5, 0.6) is 0 Å². The molecule has 17 heavy (non-hydrogen) atoms. The van der Waals surface area contributed by atoms with Crippen molar-refractivity contribution >= 4 is 11.9 Å². The minimum atomic E-state index is -0.860. The molecule has 2 N–H and O–H groups in total. The molecule has 5 nitrogen and oxygen atoms in total. The van der Waals surface area contributed by atoms with Crippen LogP contribution in [0, 0.1) is 0 Å². The topological polar surface area (TPSA) is 75.6 Å². The van der Waals surface area contributed by atoms with E-state index in [0.717, 1.165) is 0 Å². The van der Waals surface area contributed by atoms with Gasteiger partial charge in [0.15, 0.2) is 0 Å². The van der Waals surface area contributed by atoms with Gasteiger partial charge in [0.25, 0.3) is 0 Å². The van der Waals surface area contributed by atoms with Crippen molar-refractivity contribution in [3.05, 3.63) is 12.7 Å². The molecule has 0 aliphatic heterocycles. The summed E-state index contributed by atoms with van der Waals surface area (Å²) in [5, 5.41) is 11.2. The number of carboxylic acids is 1. The molecule has 0 saturated heterocycles. The van der Waals surface area contributed by atoms with Gasteiger partial charge in [-0.25, -0.2) is 0 Å². The smallest absolute Gasteiger partial charge is 0.303 e. The number of amides is 1. The molecule has 0 saturated carbocycles. The predicted octanol–water partition coefficient (Wildman–Crippen LogP) is 1.34. The average Bonchev–Trinajstić information content (AvgIpc) is 2.26. The highest BCUT2D eigenvalue weighted by Crippen LogP contribution is 1.99. The zero-order valence-electron chi connectivity index (χ0n) is 10.4. The highest BCUT2D eigenvalue weighted by Gasteiger charge is 2.15. The maximum atomic E-state index is 11.6. The second-order valence-corrected chi connectivity index (χ2v) is 3.93. The Balaban J connectivity index is 3.81. The summed E-state index contributed by atoms with van der Waals surface area (Å²) in [7, 11) is 0. The zero-order chi connectivity index (χ0) is 13.3. The SMILES string of the molecule is C=CCCOC(C)C(=O)NC(C)CCC(=O)O. The van der Waals surface area contributed by atoms with Crippen molar-refractivity contribution in [3.63, 3.8) is 0 Å². The van der Waals surface area contributed by atoms with E-state index in [-0.39, 0.29) is 18.4 Å². The molecular formula is C12H21NO4. The number of carbonyl (C=O) groups excluding carboxylic acids is 1. The Hall–Kier alpha value is -1.36. The third-order valence-electron chi connectivity index (χ3n) is 2.24. The highest BCUT2D eigenvalue weighted by atomic mass is 16.5. The summed E-state index contributed by atoms with van der Waals surface area (Å²) in [5.41, 5.74) is 0. The molecule has 0 aliphatic carbocycles. The number of hydrogen-bond acceptors (Lipinski definition) is 3. The largest absolute Gasteiger partial charge is 0.481 e. The lowest BCUT2D eigenvalue weighted by Crippen LogP contribution is -2.40. The van der Waals surface area contributed by atoms with Gasteiger partial charge in [0, 0.05) is 12.5 Å². The minimum Gasteiger partial charge on any atom is -0.481 e. The summed E-state index contributed by atoms with van der Waals surface area (Å²) in [6, 6.07) is -0.163. The summed E-state index contributed by atoms with van der Waals surface area (Å²) < 4.78 is 5.27. The number of nitrogens with one attached hydrogen (secondary N) is 1. The van der Waals surface area contributed by atoms with E-state index in [4.69, 9.17) is 9.84 Å². The molecule has 0 bridgehead atoms. The molecule has 98 valence electrons. The average molecular weight is 243 g/mol. The third-order valence-corrected chi connectivity index (χ3v) is 2.24. The maximum Gasteiger partial charge on any atom is 0.303 e. The van der Waals surface area contributed by atoms with Crippen LogP contribution in [0.15, 0.2) is 12.7 Å². The standard InChI is InChI=1S/C12H21NO4/c1-4-5-8-17-10(3)12(16)13-9(2)6-7-11(14)15/h4,9-10H,1,5-8H2,2-3H3,(H,13,16)(H,14,15). The van der Waals surface area contributed by atoms with E-state index in [1.165, 1.54) is 0 Å². The molecule has 0 spiro atoms. The lowest BCUT2D eigenvalue weighted by Gasteiger charge is -2.17.